The number of hydrogen-bond donors (Lipinski definition) is 5. The van der Waals surface area contributed by atoms with Crippen LogP contribution < -0.4 is 21.7 Å². The van der Waals surface area contributed by atoms with Crippen LogP contribution in [0.15, 0.2) is 79.0 Å². The molecular formula is C27H27N5O3. The summed E-state index contributed by atoms with van der Waals surface area (Å²) in [7, 11) is 0. The maximum atomic E-state index is 12.9. The molecule has 0 saturated carbocycles. The van der Waals surface area contributed by atoms with E-state index in [9.17, 15) is 14.4 Å². The lowest BCUT2D eigenvalue weighted by atomic mass is 10.0. The predicted octanol–water partition coefficient (Wildman–Crippen LogP) is 3.37. The van der Waals surface area contributed by atoms with Gasteiger partial charge in [0.2, 0.25) is 11.8 Å². The lowest BCUT2D eigenvalue weighted by molar-refractivity contribution is -0.128. The molecule has 3 amide bonds. The van der Waals surface area contributed by atoms with Gasteiger partial charge in [0, 0.05) is 42.6 Å². The van der Waals surface area contributed by atoms with Crippen molar-refractivity contribution >= 4 is 40.0 Å². The van der Waals surface area contributed by atoms with Gasteiger partial charge in [-0.2, -0.15) is 0 Å². The summed E-state index contributed by atoms with van der Waals surface area (Å²) >= 11 is 0. The molecule has 4 rings (SSSR count). The van der Waals surface area contributed by atoms with E-state index in [4.69, 9.17) is 5.73 Å². The van der Waals surface area contributed by atoms with Crippen molar-refractivity contribution in [3.8, 4) is 0 Å². The maximum Gasteiger partial charge on any atom is 0.255 e. The van der Waals surface area contributed by atoms with Gasteiger partial charge in [-0.05, 0) is 41.5 Å². The second-order valence-electron chi connectivity index (χ2n) is 8.27. The van der Waals surface area contributed by atoms with Gasteiger partial charge in [0.25, 0.3) is 5.91 Å². The van der Waals surface area contributed by atoms with Crippen LogP contribution >= 0.6 is 0 Å². The zero-order chi connectivity index (χ0) is 24.8. The molecule has 0 saturated heterocycles. The highest BCUT2D eigenvalue weighted by Crippen LogP contribution is 2.20. The van der Waals surface area contributed by atoms with Crippen molar-refractivity contribution < 1.29 is 14.4 Å². The molecule has 0 radical (unpaired) electrons. The van der Waals surface area contributed by atoms with Crippen LogP contribution in [-0.4, -0.2) is 28.7 Å². The van der Waals surface area contributed by atoms with Crippen LogP contribution in [0.5, 0.6) is 0 Å². The van der Waals surface area contributed by atoms with Crippen molar-refractivity contribution in [3.63, 3.8) is 0 Å². The molecule has 6 N–H and O–H groups in total. The van der Waals surface area contributed by atoms with Crippen molar-refractivity contribution in [1.82, 2.24) is 15.6 Å². The molecule has 0 bridgehead atoms. The average molecular weight is 470 g/mol. The van der Waals surface area contributed by atoms with Crippen LogP contribution in [0.25, 0.3) is 10.9 Å². The van der Waals surface area contributed by atoms with E-state index in [0.29, 0.717) is 23.4 Å². The van der Waals surface area contributed by atoms with E-state index in [1.807, 2.05) is 30.5 Å². The lowest BCUT2D eigenvalue weighted by Crippen LogP contribution is -2.47. The molecule has 8 heteroatoms. The summed E-state index contributed by atoms with van der Waals surface area (Å²) in [6.45, 7) is 1.65. The molecule has 1 heterocycles. The van der Waals surface area contributed by atoms with Gasteiger partial charge in [-0.3, -0.25) is 14.4 Å². The number of para-hydroxylation sites is 3. The SMILES string of the molecule is CC(=O)NC(Cc1c[nH]c2ccccc12)C(=O)NCc1ccc(C(=O)Nc2ccccc2N)cc1. The number of aromatic nitrogens is 1. The minimum Gasteiger partial charge on any atom is -0.397 e. The Labute approximate surface area is 202 Å². The molecule has 0 spiro atoms. The number of benzene rings is 3. The number of aromatic amines is 1. The number of anilines is 2. The van der Waals surface area contributed by atoms with Crippen LogP contribution in [0.3, 0.4) is 0 Å². The molecule has 35 heavy (non-hydrogen) atoms. The largest absolute Gasteiger partial charge is 0.397 e. The van der Waals surface area contributed by atoms with Crippen LogP contribution in [-0.2, 0) is 22.6 Å². The smallest absolute Gasteiger partial charge is 0.255 e. The van der Waals surface area contributed by atoms with Gasteiger partial charge >= 0.3 is 0 Å². The highest BCUT2D eigenvalue weighted by atomic mass is 16.2. The fourth-order valence-corrected chi connectivity index (χ4v) is 3.87. The van der Waals surface area contributed by atoms with E-state index in [0.717, 1.165) is 22.0 Å². The van der Waals surface area contributed by atoms with Gasteiger partial charge in [0.1, 0.15) is 6.04 Å². The van der Waals surface area contributed by atoms with Crippen molar-refractivity contribution in [1.29, 1.82) is 0 Å². The van der Waals surface area contributed by atoms with Crippen molar-refractivity contribution in [3.05, 3.63) is 95.7 Å². The number of hydrogen-bond acceptors (Lipinski definition) is 4. The molecule has 3 aromatic carbocycles. The molecule has 178 valence electrons. The fraction of sp³-hybridized carbons (Fsp3) is 0.148. The molecule has 1 unspecified atom stereocenters. The third-order valence-electron chi connectivity index (χ3n) is 5.68. The minimum atomic E-state index is -0.715. The summed E-state index contributed by atoms with van der Waals surface area (Å²) in [6.07, 6.45) is 2.22. The van der Waals surface area contributed by atoms with Crippen LogP contribution in [0.1, 0.15) is 28.4 Å². The molecule has 0 aliphatic carbocycles. The average Bonchev–Trinajstić information content (AvgIpc) is 3.26. The number of amides is 3. The Balaban J connectivity index is 1.38. The van der Waals surface area contributed by atoms with E-state index in [-0.39, 0.29) is 24.3 Å². The van der Waals surface area contributed by atoms with E-state index in [2.05, 4.69) is 20.9 Å². The van der Waals surface area contributed by atoms with Gasteiger partial charge in [-0.15, -0.1) is 0 Å². The molecule has 1 atom stereocenters. The Hall–Kier alpha value is -4.59. The second kappa shape index (κ2) is 10.6. The molecule has 4 aromatic rings. The monoisotopic (exact) mass is 469 g/mol. The number of nitrogens with one attached hydrogen (secondary N) is 4. The summed E-state index contributed by atoms with van der Waals surface area (Å²) < 4.78 is 0. The maximum absolute atomic E-state index is 12.9. The number of rotatable bonds is 8. The van der Waals surface area contributed by atoms with Gasteiger partial charge in [-0.25, -0.2) is 0 Å². The summed E-state index contributed by atoms with van der Waals surface area (Å²) in [6, 6.07) is 21.1. The topological polar surface area (TPSA) is 129 Å². The Morgan fingerprint density at radius 2 is 1.66 bits per heavy atom. The normalized spacial score (nSPS) is 11.6. The van der Waals surface area contributed by atoms with Crippen molar-refractivity contribution in [2.45, 2.75) is 25.9 Å². The first-order valence-electron chi connectivity index (χ1n) is 11.3. The number of carbonyl (C=O) groups excluding carboxylic acids is 3. The minimum absolute atomic E-state index is 0.260. The van der Waals surface area contributed by atoms with E-state index in [1.165, 1.54) is 6.92 Å². The number of H-pyrrole nitrogens is 1. The summed E-state index contributed by atoms with van der Waals surface area (Å²) in [4.78, 5) is 40.3. The third kappa shape index (κ3) is 5.86. The van der Waals surface area contributed by atoms with E-state index < -0.39 is 6.04 Å². The first-order valence-corrected chi connectivity index (χ1v) is 11.3. The van der Waals surface area contributed by atoms with Gasteiger partial charge in [0.15, 0.2) is 0 Å². The Morgan fingerprint density at radius 3 is 2.40 bits per heavy atom. The molecule has 0 aliphatic rings. The van der Waals surface area contributed by atoms with Gasteiger partial charge in [0.05, 0.1) is 11.4 Å². The Bertz CT molecular complexity index is 1360. The summed E-state index contributed by atoms with van der Waals surface area (Å²) in [5.41, 5.74) is 10.1. The summed E-state index contributed by atoms with van der Waals surface area (Å²) in [5, 5.41) is 9.42. The Morgan fingerprint density at radius 1 is 0.943 bits per heavy atom. The van der Waals surface area contributed by atoms with Crippen LogP contribution in [0.2, 0.25) is 0 Å². The second-order valence-corrected chi connectivity index (χ2v) is 8.27. The van der Waals surface area contributed by atoms with E-state index >= 15 is 0 Å². The molecule has 0 fully saturated rings. The highest BCUT2D eigenvalue weighted by molar-refractivity contribution is 6.05. The first-order chi connectivity index (χ1) is 16.9. The molecule has 8 nitrogen and oxygen atoms in total. The number of nitrogen functional groups attached to an aromatic ring is 1. The number of nitrogens with two attached hydrogens (primary N) is 1. The van der Waals surface area contributed by atoms with Crippen LogP contribution in [0, 0.1) is 0 Å². The highest BCUT2D eigenvalue weighted by Gasteiger charge is 2.21. The molecule has 1 aromatic heterocycles. The quantitative estimate of drug-likeness (QED) is 0.253. The lowest BCUT2D eigenvalue weighted by Gasteiger charge is -2.17. The van der Waals surface area contributed by atoms with Gasteiger partial charge in [-0.1, -0.05) is 42.5 Å². The third-order valence-corrected chi connectivity index (χ3v) is 5.68. The van der Waals surface area contributed by atoms with Crippen molar-refractivity contribution in [2.75, 3.05) is 11.1 Å². The zero-order valence-electron chi connectivity index (χ0n) is 19.3. The van der Waals surface area contributed by atoms with Crippen LogP contribution in [0.4, 0.5) is 11.4 Å². The molecule has 0 aliphatic heterocycles. The summed E-state index contributed by atoms with van der Waals surface area (Å²) in [5.74, 6) is -0.839. The van der Waals surface area contributed by atoms with Crippen molar-refractivity contribution in [2.24, 2.45) is 0 Å². The number of fused-ring (bicyclic) bond motifs is 1. The fourth-order valence-electron chi connectivity index (χ4n) is 3.87. The number of carbonyl (C=O) groups is 3. The zero-order valence-corrected chi connectivity index (χ0v) is 19.3. The first kappa shape index (κ1) is 23.6. The molecular weight excluding hydrogens is 442 g/mol. The predicted molar refractivity (Wildman–Crippen MR) is 137 cm³/mol. The Kier molecular flexibility index (Phi) is 7.11. The van der Waals surface area contributed by atoms with Gasteiger partial charge < -0.3 is 26.7 Å². The standard InChI is InChI=1S/C27H27N5O3/c1-17(33)31-25(14-20-16-29-23-8-4-2-6-21(20)23)27(35)30-15-18-10-12-19(13-11-18)26(34)32-24-9-5-3-7-22(24)28/h2-13,16,25,29H,14-15,28H2,1H3,(H,30,35)(H,31,33)(H,32,34). The van der Waals surface area contributed by atoms with E-state index in [1.54, 1.807) is 48.5 Å².